The fourth-order valence-corrected chi connectivity index (χ4v) is 2.30. The second-order valence-electron chi connectivity index (χ2n) is 2.74. The van der Waals surface area contributed by atoms with Crippen molar-refractivity contribution in [3.05, 3.63) is 29.8 Å². The highest BCUT2D eigenvalue weighted by Crippen LogP contribution is 2.19. The summed E-state index contributed by atoms with van der Waals surface area (Å²) in [5, 5.41) is 0. The van der Waals surface area contributed by atoms with Gasteiger partial charge in [0.2, 0.25) is 0 Å². The summed E-state index contributed by atoms with van der Waals surface area (Å²) in [5.41, 5.74) is 1.34. The van der Waals surface area contributed by atoms with Crippen molar-refractivity contribution in [1.29, 1.82) is 0 Å². The predicted molar refractivity (Wildman–Crippen MR) is 60.4 cm³/mol. The van der Waals surface area contributed by atoms with Crippen molar-refractivity contribution in [1.82, 2.24) is 0 Å². The summed E-state index contributed by atoms with van der Waals surface area (Å²) in [4.78, 5) is 1.37. The first kappa shape index (κ1) is 10.0. The minimum Gasteiger partial charge on any atom is -0.179 e. The van der Waals surface area contributed by atoms with Crippen molar-refractivity contribution >= 4 is 24.4 Å². The van der Waals surface area contributed by atoms with Crippen LogP contribution in [-0.4, -0.2) is 11.5 Å². The van der Waals surface area contributed by atoms with Crippen LogP contribution >= 0.6 is 24.4 Å². The van der Waals surface area contributed by atoms with Crippen LogP contribution in [0.2, 0.25) is 0 Å². The van der Waals surface area contributed by atoms with Gasteiger partial charge in [-0.1, -0.05) is 17.7 Å². The van der Waals surface area contributed by atoms with Gasteiger partial charge in [0.15, 0.2) is 0 Å². The second-order valence-corrected chi connectivity index (χ2v) is 4.36. The first-order chi connectivity index (χ1) is 5.83. The molecular weight excluding hydrogens is 184 g/mol. The fraction of sp³-hybridized carbons (Fsp3) is 0.400. The van der Waals surface area contributed by atoms with Crippen LogP contribution in [-0.2, 0) is 0 Å². The average molecular weight is 198 g/mol. The molecule has 66 valence electrons. The van der Waals surface area contributed by atoms with Crippen molar-refractivity contribution in [2.24, 2.45) is 0 Å². The molecule has 0 aliphatic heterocycles. The lowest BCUT2D eigenvalue weighted by atomic mass is 10.2. The summed E-state index contributed by atoms with van der Waals surface area (Å²) in [6.45, 7) is 2.13. The molecule has 1 aromatic carbocycles. The van der Waals surface area contributed by atoms with Crippen LogP contribution in [0.3, 0.4) is 0 Å². The molecular formula is C10H14S2. The van der Waals surface area contributed by atoms with Gasteiger partial charge in [-0.3, -0.25) is 0 Å². The Kier molecular flexibility index (Phi) is 4.62. The first-order valence-corrected chi connectivity index (χ1v) is 5.75. The van der Waals surface area contributed by atoms with Crippen LogP contribution in [0.4, 0.5) is 0 Å². The highest BCUT2D eigenvalue weighted by atomic mass is 32.2. The molecule has 0 N–H and O–H groups in total. The molecule has 0 amide bonds. The zero-order valence-electron chi connectivity index (χ0n) is 7.29. The Morgan fingerprint density at radius 3 is 2.92 bits per heavy atom. The lowest BCUT2D eigenvalue weighted by molar-refractivity contribution is 1.13. The SMILES string of the molecule is Cc1cccc(SCCCS)c1. The molecule has 0 aliphatic carbocycles. The van der Waals surface area contributed by atoms with Gasteiger partial charge in [0, 0.05) is 4.90 Å². The molecule has 0 saturated heterocycles. The Hall–Kier alpha value is -0.0800. The number of hydrogen-bond donors (Lipinski definition) is 1. The van der Waals surface area contributed by atoms with Crippen molar-refractivity contribution in [3.8, 4) is 0 Å². The lowest BCUT2D eigenvalue weighted by Gasteiger charge is -2.00. The van der Waals surface area contributed by atoms with Crippen molar-refractivity contribution in [3.63, 3.8) is 0 Å². The molecule has 1 aromatic rings. The first-order valence-electron chi connectivity index (χ1n) is 4.13. The van der Waals surface area contributed by atoms with Gasteiger partial charge in [0.05, 0.1) is 0 Å². The summed E-state index contributed by atoms with van der Waals surface area (Å²) in [6, 6.07) is 8.63. The number of rotatable bonds is 4. The van der Waals surface area contributed by atoms with E-state index < -0.39 is 0 Å². The Bertz CT molecular complexity index is 233. The van der Waals surface area contributed by atoms with Crippen molar-refractivity contribution < 1.29 is 0 Å². The van der Waals surface area contributed by atoms with Gasteiger partial charge in [0.1, 0.15) is 0 Å². The maximum Gasteiger partial charge on any atom is 0.00745 e. The van der Waals surface area contributed by atoms with Gasteiger partial charge in [0.25, 0.3) is 0 Å². The summed E-state index contributed by atoms with van der Waals surface area (Å²) >= 11 is 6.08. The molecule has 0 spiro atoms. The van der Waals surface area contributed by atoms with Gasteiger partial charge in [-0.25, -0.2) is 0 Å². The quantitative estimate of drug-likeness (QED) is 0.439. The third kappa shape index (κ3) is 3.55. The van der Waals surface area contributed by atoms with E-state index in [1.54, 1.807) is 0 Å². The predicted octanol–water partition coefficient (Wildman–Crippen LogP) is 3.41. The molecule has 0 radical (unpaired) electrons. The number of thiol groups is 1. The Morgan fingerprint density at radius 2 is 2.25 bits per heavy atom. The van der Waals surface area contributed by atoms with Crippen molar-refractivity contribution in [2.45, 2.75) is 18.2 Å². The molecule has 0 saturated carbocycles. The van der Waals surface area contributed by atoms with Gasteiger partial charge in [-0.2, -0.15) is 12.6 Å². The Balaban J connectivity index is 2.41. The lowest BCUT2D eigenvalue weighted by Crippen LogP contribution is -1.81. The highest BCUT2D eigenvalue weighted by molar-refractivity contribution is 7.99. The molecule has 12 heavy (non-hydrogen) atoms. The largest absolute Gasteiger partial charge is 0.179 e. The number of aryl methyl sites for hydroxylation is 1. The summed E-state index contributed by atoms with van der Waals surface area (Å²) in [5.74, 6) is 2.16. The van der Waals surface area contributed by atoms with E-state index in [-0.39, 0.29) is 0 Å². The normalized spacial score (nSPS) is 10.2. The van der Waals surface area contributed by atoms with E-state index in [0.717, 1.165) is 5.75 Å². The van der Waals surface area contributed by atoms with Gasteiger partial charge >= 0.3 is 0 Å². The third-order valence-corrected chi connectivity index (χ3v) is 2.96. The minimum atomic E-state index is 0.985. The molecule has 2 heteroatoms. The second kappa shape index (κ2) is 5.55. The van der Waals surface area contributed by atoms with E-state index >= 15 is 0 Å². The fourth-order valence-electron chi connectivity index (χ4n) is 0.960. The summed E-state index contributed by atoms with van der Waals surface area (Å²) in [7, 11) is 0. The van der Waals surface area contributed by atoms with Crippen LogP contribution < -0.4 is 0 Å². The van der Waals surface area contributed by atoms with E-state index in [0.29, 0.717) is 0 Å². The summed E-state index contributed by atoms with van der Waals surface area (Å²) < 4.78 is 0. The van der Waals surface area contributed by atoms with Crippen molar-refractivity contribution in [2.75, 3.05) is 11.5 Å². The molecule has 0 aliphatic rings. The maximum atomic E-state index is 4.17. The molecule has 0 atom stereocenters. The standard InChI is InChI=1S/C10H14S2/c1-9-4-2-5-10(8-9)12-7-3-6-11/h2,4-5,8,11H,3,6-7H2,1H3. The zero-order valence-corrected chi connectivity index (χ0v) is 9.00. The molecule has 0 bridgehead atoms. The van der Waals surface area contributed by atoms with Crippen LogP contribution in [0.1, 0.15) is 12.0 Å². The number of thioether (sulfide) groups is 1. The molecule has 0 heterocycles. The van der Waals surface area contributed by atoms with E-state index in [9.17, 15) is 0 Å². The highest BCUT2D eigenvalue weighted by Gasteiger charge is 1.92. The Labute approximate surface area is 84.2 Å². The molecule has 0 nitrogen and oxygen atoms in total. The van der Waals surface area contributed by atoms with Gasteiger partial charge in [-0.15, -0.1) is 11.8 Å². The van der Waals surface area contributed by atoms with Crippen LogP contribution in [0.15, 0.2) is 29.2 Å². The summed E-state index contributed by atoms with van der Waals surface area (Å²) in [6.07, 6.45) is 1.18. The topological polar surface area (TPSA) is 0 Å². The van der Waals surface area contributed by atoms with Crippen LogP contribution in [0.5, 0.6) is 0 Å². The Morgan fingerprint density at radius 1 is 1.42 bits per heavy atom. The smallest absolute Gasteiger partial charge is 0.00745 e. The van der Waals surface area contributed by atoms with Crippen LogP contribution in [0.25, 0.3) is 0 Å². The molecule has 0 fully saturated rings. The van der Waals surface area contributed by atoms with Gasteiger partial charge in [-0.05, 0) is 37.0 Å². The van der Waals surface area contributed by atoms with E-state index in [1.165, 1.54) is 22.6 Å². The van der Waals surface area contributed by atoms with E-state index in [4.69, 9.17) is 0 Å². The molecule has 0 aromatic heterocycles. The number of benzene rings is 1. The third-order valence-electron chi connectivity index (χ3n) is 1.56. The van der Waals surface area contributed by atoms with E-state index in [2.05, 4.69) is 43.8 Å². The van der Waals surface area contributed by atoms with E-state index in [1.807, 2.05) is 11.8 Å². The molecule has 0 unspecified atom stereocenters. The minimum absolute atomic E-state index is 0.985. The zero-order chi connectivity index (χ0) is 8.81. The molecule has 1 rings (SSSR count). The number of hydrogen-bond acceptors (Lipinski definition) is 2. The van der Waals surface area contributed by atoms with Crippen LogP contribution in [0, 0.1) is 6.92 Å². The monoisotopic (exact) mass is 198 g/mol. The van der Waals surface area contributed by atoms with Gasteiger partial charge < -0.3 is 0 Å². The maximum absolute atomic E-state index is 4.17. The average Bonchev–Trinajstić information content (AvgIpc) is 2.05.